The number of benzene rings is 3. The molecule has 0 radical (unpaired) electrons. The lowest BCUT2D eigenvalue weighted by atomic mass is 9.86. The predicted octanol–water partition coefficient (Wildman–Crippen LogP) is 3.97. The van der Waals surface area contributed by atoms with Crippen molar-refractivity contribution in [2.45, 2.75) is 39.3 Å². The quantitative estimate of drug-likeness (QED) is 0.525. The van der Waals surface area contributed by atoms with E-state index in [9.17, 15) is 14.4 Å². The summed E-state index contributed by atoms with van der Waals surface area (Å²) in [7, 11) is 0. The molecule has 1 aliphatic rings. The van der Waals surface area contributed by atoms with Crippen LogP contribution in [0, 0.1) is 0 Å². The molecule has 1 heterocycles. The average Bonchev–Trinajstić information content (AvgIpc) is 2.85. The number of amides is 3. The van der Waals surface area contributed by atoms with Gasteiger partial charge in [-0.2, -0.15) is 0 Å². The number of nitrogens with zero attached hydrogens (tertiary/aromatic N) is 1. The van der Waals surface area contributed by atoms with Crippen molar-refractivity contribution in [3.63, 3.8) is 0 Å². The number of carbonyl (C=O) groups is 3. The van der Waals surface area contributed by atoms with Crippen molar-refractivity contribution in [1.29, 1.82) is 0 Å². The van der Waals surface area contributed by atoms with E-state index in [0.29, 0.717) is 35.6 Å². The van der Waals surface area contributed by atoms with Gasteiger partial charge < -0.3 is 16.4 Å². The molecule has 7 nitrogen and oxygen atoms in total. The van der Waals surface area contributed by atoms with Gasteiger partial charge in [-0.3, -0.25) is 19.3 Å². The lowest BCUT2D eigenvalue weighted by molar-refractivity contribution is -0.115. The molecular formula is C28H30N4O3. The molecule has 180 valence electrons. The van der Waals surface area contributed by atoms with Gasteiger partial charge in [-0.15, -0.1) is 0 Å². The van der Waals surface area contributed by atoms with Gasteiger partial charge in [0.1, 0.15) is 6.54 Å². The highest BCUT2D eigenvalue weighted by molar-refractivity contribution is 6.15. The van der Waals surface area contributed by atoms with Crippen LogP contribution in [0.5, 0.6) is 0 Å². The Morgan fingerprint density at radius 2 is 1.66 bits per heavy atom. The molecule has 0 atom stereocenters. The molecule has 3 aromatic carbocycles. The summed E-state index contributed by atoms with van der Waals surface area (Å²) in [6.45, 7) is 7.03. The Kier molecular flexibility index (Phi) is 6.71. The summed E-state index contributed by atoms with van der Waals surface area (Å²) in [6, 6.07) is 20.1. The first-order chi connectivity index (χ1) is 16.7. The molecule has 0 saturated carbocycles. The highest BCUT2D eigenvalue weighted by Gasteiger charge is 2.28. The predicted molar refractivity (Wildman–Crippen MR) is 137 cm³/mol. The van der Waals surface area contributed by atoms with Crippen molar-refractivity contribution >= 4 is 29.1 Å². The van der Waals surface area contributed by atoms with Gasteiger partial charge in [-0.05, 0) is 52.4 Å². The van der Waals surface area contributed by atoms with Crippen LogP contribution in [-0.2, 0) is 23.3 Å². The van der Waals surface area contributed by atoms with E-state index in [-0.39, 0.29) is 29.7 Å². The molecule has 4 rings (SSSR count). The van der Waals surface area contributed by atoms with E-state index in [1.165, 1.54) is 4.90 Å². The molecule has 0 spiro atoms. The lowest BCUT2D eigenvalue weighted by Crippen LogP contribution is -2.42. The van der Waals surface area contributed by atoms with Crippen molar-refractivity contribution < 1.29 is 14.4 Å². The summed E-state index contributed by atoms with van der Waals surface area (Å²) >= 11 is 0. The van der Waals surface area contributed by atoms with E-state index in [1.807, 2.05) is 36.4 Å². The van der Waals surface area contributed by atoms with Crippen LogP contribution in [0.25, 0.3) is 0 Å². The summed E-state index contributed by atoms with van der Waals surface area (Å²) < 4.78 is 0. The third kappa shape index (κ3) is 5.41. The number of hydrogen-bond acceptors (Lipinski definition) is 4. The zero-order valence-electron chi connectivity index (χ0n) is 20.2. The minimum atomic E-state index is -0.312. The Labute approximate surface area is 205 Å². The first-order valence-electron chi connectivity index (χ1n) is 11.6. The minimum absolute atomic E-state index is 0.0244. The van der Waals surface area contributed by atoms with Gasteiger partial charge in [0.15, 0.2) is 0 Å². The van der Waals surface area contributed by atoms with Crippen LogP contribution >= 0.6 is 0 Å². The third-order valence-corrected chi connectivity index (χ3v) is 6.05. The molecule has 0 aliphatic carbocycles. The molecule has 0 saturated heterocycles. The van der Waals surface area contributed by atoms with Crippen molar-refractivity contribution in [3.8, 4) is 0 Å². The SMILES string of the molecule is CC(C)(C)c1ccc(C(=O)N2CC(=O)Nc3cc(C(=O)NCc4cccc(CN)c4)ccc32)cc1. The molecule has 35 heavy (non-hydrogen) atoms. The number of fused-ring (bicyclic) bond motifs is 1. The number of anilines is 2. The van der Waals surface area contributed by atoms with Crippen molar-refractivity contribution in [2.24, 2.45) is 5.73 Å². The van der Waals surface area contributed by atoms with Crippen molar-refractivity contribution in [1.82, 2.24) is 5.32 Å². The third-order valence-electron chi connectivity index (χ3n) is 6.05. The van der Waals surface area contributed by atoms with Gasteiger partial charge in [0.25, 0.3) is 11.8 Å². The fourth-order valence-corrected chi connectivity index (χ4v) is 4.03. The van der Waals surface area contributed by atoms with Gasteiger partial charge in [0, 0.05) is 24.2 Å². The van der Waals surface area contributed by atoms with Gasteiger partial charge in [-0.25, -0.2) is 0 Å². The minimum Gasteiger partial charge on any atom is -0.348 e. The highest BCUT2D eigenvalue weighted by atomic mass is 16.2. The molecular weight excluding hydrogens is 440 g/mol. The van der Waals surface area contributed by atoms with Crippen LogP contribution in [0.3, 0.4) is 0 Å². The number of nitrogens with two attached hydrogens (primary N) is 1. The van der Waals surface area contributed by atoms with Crippen LogP contribution in [0.1, 0.15) is 58.2 Å². The van der Waals surface area contributed by atoms with E-state index in [4.69, 9.17) is 5.73 Å². The molecule has 4 N–H and O–H groups in total. The smallest absolute Gasteiger partial charge is 0.258 e. The fraction of sp³-hybridized carbons (Fsp3) is 0.250. The van der Waals surface area contributed by atoms with Crippen LogP contribution in [0.15, 0.2) is 66.7 Å². The Morgan fingerprint density at radius 1 is 0.971 bits per heavy atom. The second kappa shape index (κ2) is 9.72. The van der Waals surface area contributed by atoms with Gasteiger partial charge in [-0.1, -0.05) is 57.2 Å². The van der Waals surface area contributed by atoms with Crippen LogP contribution in [0.2, 0.25) is 0 Å². The summed E-state index contributed by atoms with van der Waals surface area (Å²) in [4.78, 5) is 39.9. The molecule has 0 aromatic heterocycles. The maximum atomic E-state index is 13.3. The average molecular weight is 471 g/mol. The normalized spacial score (nSPS) is 13.1. The maximum absolute atomic E-state index is 13.3. The van der Waals surface area contributed by atoms with E-state index in [0.717, 1.165) is 16.7 Å². The topological polar surface area (TPSA) is 105 Å². The van der Waals surface area contributed by atoms with Gasteiger partial charge in [0.2, 0.25) is 5.91 Å². The Hall–Kier alpha value is -3.97. The van der Waals surface area contributed by atoms with E-state index in [1.54, 1.807) is 30.3 Å². The number of carbonyl (C=O) groups excluding carboxylic acids is 3. The van der Waals surface area contributed by atoms with Crippen molar-refractivity contribution in [3.05, 3.63) is 94.5 Å². The summed E-state index contributed by atoms with van der Waals surface area (Å²) in [5.74, 6) is -0.853. The molecule has 1 aliphatic heterocycles. The molecule has 0 fully saturated rings. The van der Waals surface area contributed by atoms with Gasteiger partial charge >= 0.3 is 0 Å². The van der Waals surface area contributed by atoms with E-state index < -0.39 is 0 Å². The van der Waals surface area contributed by atoms with E-state index in [2.05, 4.69) is 31.4 Å². The first kappa shape index (κ1) is 24.2. The number of hydrogen-bond donors (Lipinski definition) is 3. The number of rotatable bonds is 5. The zero-order chi connectivity index (χ0) is 25.2. The van der Waals surface area contributed by atoms with Crippen LogP contribution < -0.4 is 21.3 Å². The second-order valence-electron chi connectivity index (χ2n) is 9.71. The highest BCUT2D eigenvalue weighted by Crippen LogP contribution is 2.32. The van der Waals surface area contributed by atoms with E-state index >= 15 is 0 Å². The largest absolute Gasteiger partial charge is 0.348 e. The van der Waals surface area contributed by atoms with Crippen LogP contribution in [-0.4, -0.2) is 24.3 Å². The summed E-state index contributed by atoms with van der Waals surface area (Å²) in [5, 5.41) is 5.67. The summed E-state index contributed by atoms with van der Waals surface area (Å²) in [5.41, 5.74) is 10.6. The summed E-state index contributed by atoms with van der Waals surface area (Å²) in [6.07, 6.45) is 0. The fourth-order valence-electron chi connectivity index (χ4n) is 4.03. The monoisotopic (exact) mass is 470 g/mol. The first-order valence-corrected chi connectivity index (χ1v) is 11.6. The Morgan fingerprint density at radius 3 is 2.34 bits per heavy atom. The maximum Gasteiger partial charge on any atom is 0.258 e. The molecule has 0 unspecified atom stereocenters. The van der Waals surface area contributed by atoms with Gasteiger partial charge in [0.05, 0.1) is 11.4 Å². The Balaban J connectivity index is 1.52. The van der Waals surface area contributed by atoms with Crippen molar-refractivity contribution in [2.75, 3.05) is 16.8 Å². The molecule has 0 bridgehead atoms. The number of nitrogens with one attached hydrogen (secondary N) is 2. The Bertz CT molecular complexity index is 1280. The van der Waals surface area contributed by atoms with Crippen LogP contribution in [0.4, 0.5) is 11.4 Å². The lowest BCUT2D eigenvalue weighted by Gasteiger charge is -2.30. The molecule has 3 aromatic rings. The second-order valence-corrected chi connectivity index (χ2v) is 9.71. The zero-order valence-corrected chi connectivity index (χ0v) is 20.2. The molecule has 7 heteroatoms. The molecule has 3 amide bonds. The standard InChI is InChI=1S/C28H30N4O3/c1-28(2,3)22-10-7-20(8-11-22)27(35)32-17-25(33)31-23-14-21(9-12-24(23)32)26(34)30-16-19-6-4-5-18(13-19)15-29/h4-14H,15-17,29H2,1-3H3,(H,30,34)(H,31,33).